The van der Waals surface area contributed by atoms with Gasteiger partial charge in [-0.3, -0.25) is 4.90 Å². The Morgan fingerprint density at radius 2 is 2.14 bits per heavy atom. The maximum atomic E-state index is 5.88. The molecule has 0 bridgehead atoms. The summed E-state index contributed by atoms with van der Waals surface area (Å²) in [6, 6.07) is 4.05. The molecule has 0 fully saturated rings. The molecule has 0 aliphatic carbocycles. The van der Waals surface area contributed by atoms with Crippen molar-refractivity contribution in [3.05, 3.63) is 21.3 Å². The second kappa shape index (κ2) is 4.97. The lowest BCUT2D eigenvalue weighted by Crippen LogP contribution is -2.41. The van der Waals surface area contributed by atoms with Crippen LogP contribution >= 0.6 is 38.9 Å². The van der Waals surface area contributed by atoms with Crippen LogP contribution in [0.4, 0.5) is 0 Å². The first-order valence-corrected chi connectivity index (χ1v) is 6.79. The summed E-state index contributed by atoms with van der Waals surface area (Å²) >= 11 is 11.1. The molecule has 0 unspecified atom stereocenters. The second-order valence-electron chi connectivity index (χ2n) is 4.01. The fraction of sp³-hybridized carbons (Fsp3) is 0.600. The Bertz CT molecular complexity index is 298. The van der Waals surface area contributed by atoms with E-state index in [0.29, 0.717) is 0 Å². The van der Waals surface area contributed by atoms with Gasteiger partial charge in [0.15, 0.2) is 0 Å². The van der Waals surface area contributed by atoms with E-state index < -0.39 is 0 Å². The van der Waals surface area contributed by atoms with Gasteiger partial charge in [-0.2, -0.15) is 0 Å². The summed E-state index contributed by atoms with van der Waals surface area (Å²) in [5.41, 5.74) is 0.177. The van der Waals surface area contributed by atoms with Gasteiger partial charge in [-0.25, -0.2) is 0 Å². The van der Waals surface area contributed by atoms with Gasteiger partial charge in [-0.1, -0.05) is 27.5 Å². The van der Waals surface area contributed by atoms with E-state index >= 15 is 0 Å². The molecule has 14 heavy (non-hydrogen) atoms. The van der Waals surface area contributed by atoms with Crippen LogP contribution in [0.25, 0.3) is 0 Å². The smallest absolute Gasteiger partial charge is 0.0931 e. The zero-order chi connectivity index (χ0) is 10.8. The normalized spacial score (nSPS) is 12.4. The number of halogens is 2. The molecule has 1 nitrogen and oxygen atoms in total. The lowest BCUT2D eigenvalue weighted by Gasteiger charge is -2.33. The number of rotatable bonds is 4. The van der Waals surface area contributed by atoms with Crippen molar-refractivity contribution in [3.8, 4) is 0 Å². The number of hydrogen-bond donors (Lipinski definition) is 0. The van der Waals surface area contributed by atoms with Gasteiger partial charge in [-0.05, 0) is 33.0 Å². The molecule has 0 aliphatic rings. The first-order valence-electron chi connectivity index (χ1n) is 4.47. The summed E-state index contributed by atoms with van der Waals surface area (Å²) in [7, 11) is 2.13. The van der Waals surface area contributed by atoms with E-state index in [9.17, 15) is 0 Å². The average Bonchev–Trinajstić information content (AvgIpc) is 2.51. The highest BCUT2D eigenvalue weighted by molar-refractivity contribution is 9.09. The van der Waals surface area contributed by atoms with Crippen LogP contribution in [0.2, 0.25) is 4.34 Å². The van der Waals surface area contributed by atoms with Gasteiger partial charge >= 0.3 is 0 Å². The number of nitrogens with zero attached hydrogens (tertiary/aromatic N) is 1. The Labute approximate surface area is 103 Å². The maximum Gasteiger partial charge on any atom is 0.0931 e. The Hall–Kier alpha value is 0.430. The summed E-state index contributed by atoms with van der Waals surface area (Å²) in [6.45, 7) is 5.39. The quantitative estimate of drug-likeness (QED) is 0.759. The van der Waals surface area contributed by atoms with Gasteiger partial charge in [-0.15, -0.1) is 11.3 Å². The molecule has 0 radical (unpaired) electrons. The van der Waals surface area contributed by atoms with Crippen LogP contribution in [0.15, 0.2) is 12.1 Å². The van der Waals surface area contributed by atoms with Crippen LogP contribution in [0.1, 0.15) is 18.7 Å². The lowest BCUT2D eigenvalue weighted by atomic mass is 10.1. The van der Waals surface area contributed by atoms with Gasteiger partial charge in [0, 0.05) is 22.3 Å². The molecular formula is C10H15BrClNS. The molecule has 1 rings (SSSR count). The summed E-state index contributed by atoms with van der Waals surface area (Å²) in [5.74, 6) is 0. The summed E-state index contributed by atoms with van der Waals surface area (Å²) in [4.78, 5) is 3.63. The van der Waals surface area contributed by atoms with E-state index in [0.717, 1.165) is 16.2 Å². The van der Waals surface area contributed by atoms with Crippen molar-refractivity contribution in [3.63, 3.8) is 0 Å². The highest BCUT2D eigenvalue weighted by atomic mass is 79.9. The highest BCUT2D eigenvalue weighted by Gasteiger charge is 2.22. The van der Waals surface area contributed by atoms with Crippen molar-refractivity contribution in [1.82, 2.24) is 4.90 Å². The fourth-order valence-corrected chi connectivity index (χ4v) is 2.56. The molecule has 0 aromatic carbocycles. The molecule has 0 saturated carbocycles. The molecular weight excluding hydrogens is 282 g/mol. The van der Waals surface area contributed by atoms with Crippen molar-refractivity contribution >= 4 is 38.9 Å². The zero-order valence-corrected chi connectivity index (χ0v) is 11.8. The minimum absolute atomic E-state index is 0.177. The van der Waals surface area contributed by atoms with Crippen LogP contribution in [0, 0.1) is 0 Å². The van der Waals surface area contributed by atoms with Crippen LogP contribution in [0.5, 0.6) is 0 Å². The third-order valence-corrected chi connectivity index (χ3v) is 4.97. The van der Waals surface area contributed by atoms with E-state index in [4.69, 9.17) is 11.6 Å². The zero-order valence-electron chi connectivity index (χ0n) is 8.68. The third-order valence-electron chi connectivity index (χ3n) is 2.38. The van der Waals surface area contributed by atoms with E-state index in [2.05, 4.69) is 47.8 Å². The lowest BCUT2D eigenvalue weighted by molar-refractivity contribution is 0.175. The van der Waals surface area contributed by atoms with Crippen LogP contribution < -0.4 is 0 Å². The van der Waals surface area contributed by atoms with Crippen LogP contribution in [-0.4, -0.2) is 22.8 Å². The van der Waals surface area contributed by atoms with Gasteiger partial charge in [0.05, 0.1) is 4.34 Å². The van der Waals surface area contributed by atoms with Gasteiger partial charge in [0.1, 0.15) is 0 Å². The molecule has 1 heterocycles. The fourth-order valence-electron chi connectivity index (χ4n) is 0.987. The average molecular weight is 297 g/mol. The molecule has 0 spiro atoms. The largest absolute Gasteiger partial charge is 0.295 e. The van der Waals surface area contributed by atoms with E-state index in [1.165, 1.54) is 4.88 Å². The van der Waals surface area contributed by atoms with E-state index in [-0.39, 0.29) is 5.54 Å². The first-order chi connectivity index (χ1) is 6.45. The van der Waals surface area contributed by atoms with Gasteiger partial charge in [0.2, 0.25) is 0 Å². The summed E-state index contributed by atoms with van der Waals surface area (Å²) in [6.07, 6.45) is 0. The third kappa shape index (κ3) is 3.23. The summed E-state index contributed by atoms with van der Waals surface area (Å²) < 4.78 is 0.866. The predicted molar refractivity (Wildman–Crippen MR) is 68.7 cm³/mol. The molecule has 4 heteroatoms. The van der Waals surface area contributed by atoms with Crippen molar-refractivity contribution in [1.29, 1.82) is 0 Å². The van der Waals surface area contributed by atoms with Gasteiger partial charge in [0.25, 0.3) is 0 Å². The molecule has 1 aromatic rings. The molecule has 0 amide bonds. The maximum absolute atomic E-state index is 5.88. The monoisotopic (exact) mass is 295 g/mol. The summed E-state index contributed by atoms with van der Waals surface area (Å²) in [5, 5.41) is 0.968. The first kappa shape index (κ1) is 12.5. The molecule has 0 saturated heterocycles. The minimum Gasteiger partial charge on any atom is -0.295 e. The molecule has 80 valence electrons. The SMILES string of the molecule is CN(Cc1ccc(Cl)s1)C(C)(C)CBr. The van der Waals surface area contributed by atoms with Gasteiger partial charge < -0.3 is 0 Å². The molecule has 0 aliphatic heterocycles. The molecule has 0 N–H and O–H groups in total. The van der Waals surface area contributed by atoms with Crippen molar-refractivity contribution < 1.29 is 0 Å². The predicted octanol–water partition coefficient (Wildman–Crippen LogP) is 4.01. The Balaban J connectivity index is 2.61. The number of thiophene rings is 1. The van der Waals surface area contributed by atoms with Crippen molar-refractivity contribution in [2.24, 2.45) is 0 Å². The van der Waals surface area contributed by atoms with E-state index in [1.807, 2.05) is 6.07 Å². The van der Waals surface area contributed by atoms with Crippen LogP contribution in [-0.2, 0) is 6.54 Å². The highest BCUT2D eigenvalue weighted by Crippen LogP contribution is 2.25. The Morgan fingerprint density at radius 1 is 1.50 bits per heavy atom. The number of alkyl halides is 1. The molecule has 1 aromatic heterocycles. The van der Waals surface area contributed by atoms with Crippen molar-refractivity contribution in [2.75, 3.05) is 12.4 Å². The van der Waals surface area contributed by atoms with Crippen molar-refractivity contribution in [2.45, 2.75) is 25.9 Å². The molecule has 0 atom stereocenters. The second-order valence-corrected chi connectivity index (χ2v) is 6.37. The van der Waals surface area contributed by atoms with Crippen LogP contribution in [0.3, 0.4) is 0 Å². The van der Waals surface area contributed by atoms with E-state index in [1.54, 1.807) is 11.3 Å². The topological polar surface area (TPSA) is 3.24 Å². The number of hydrogen-bond acceptors (Lipinski definition) is 2. The Kier molecular flexibility index (Phi) is 4.44. The minimum atomic E-state index is 0.177. The Morgan fingerprint density at radius 3 is 2.57 bits per heavy atom. The standard InChI is InChI=1S/C10H15BrClNS/c1-10(2,7-11)13(3)6-8-4-5-9(12)14-8/h4-5H,6-7H2,1-3H3.